The summed E-state index contributed by atoms with van der Waals surface area (Å²) in [4.78, 5) is 11.0. The number of esters is 1. The molecule has 0 radical (unpaired) electrons. The van der Waals surface area contributed by atoms with Gasteiger partial charge in [0.05, 0.1) is 13.2 Å². The highest BCUT2D eigenvalue weighted by atomic mass is 16.5. The standard InChI is InChI=1S/C36H38O3/c1-4-11-29-12-14-30(15-13-29)18-22-34-23-19-32(28-33(34)5-2)17-16-31-20-24-35(25-21-31)38-26-9-7-8-10-27-39-36(37)6-3/h6,12-15,19-21,23-25,28H,3-5,7-11,26-27H2,1-2H3. The molecule has 39 heavy (non-hydrogen) atoms. The number of hydrogen-bond acceptors (Lipinski definition) is 3. The van der Waals surface area contributed by atoms with Crippen LogP contribution in [0.1, 0.15) is 79.3 Å². The normalized spacial score (nSPS) is 10.0. The van der Waals surface area contributed by atoms with Crippen molar-refractivity contribution in [3.63, 3.8) is 0 Å². The summed E-state index contributed by atoms with van der Waals surface area (Å²) in [5.41, 5.74) is 6.59. The maximum atomic E-state index is 11.0. The van der Waals surface area contributed by atoms with Gasteiger partial charge in [0.15, 0.2) is 0 Å². The van der Waals surface area contributed by atoms with E-state index in [2.05, 4.69) is 80.5 Å². The lowest BCUT2D eigenvalue weighted by molar-refractivity contribution is -0.137. The number of benzene rings is 3. The number of hydrogen-bond donors (Lipinski definition) is 0. The summed E-state index contributed by atoms with van der Waals surface area (Å²) in [6.45, 7) is 8.84. The summed E-state index contributed by atoms with van der Waals surface area (Å²) in [5, 5.41) is 0. The van der Waals surface area contributed by atoms with Crippen molar-refractivity contribution in [1.29, 1.82) is 0 Å². The van der Waals surface area contributed by atoms with E-state index in [1.165, 1.54) is 17.2 Å². The molecule has 3 aromatic rings. The van der Waals surface area contributed by atoms with E-state index in [0.717, 1.165) is 72.9 Å². The largest absolute Gasteiger partial charge is 0.494 e. The van der Waals surface area contributed by atoms with E-state index in [1.54, 1.807) is 0 Å². The molecule has 0 unspecified atom stereocenters. The van der Waals surface area contributed by atoms with E-state index in [0.29, 0.717) is 13.2 Å². The fraction of sp³-hybridized carbons (Fsp3) is 0.306. The van der Waals surface area contributed by atoms with E-state index >= 15 is 0 Å². The van der Waals surface area contributed by atoms with Gasteiger partial charge in [0.2, 0.25) is 0 Å². The van der Waals surface area contributed by atoms with Crippen LogP contribution in [0.5, 0.6) is 5.75 Å². The Hall–Kier alpha value is -4.21. The Bertz CT molecular complexity index is 1330. The Labute approximate surface area is 234 Å². The van der Waals surface area contributed by atoms with Gasteiger partial charge in [0.1, 0.15) is 5.75 Å². The minimum absolute atomic E-state index is 0.361. The van der Waals surface area contributed by atoms with Crippen molar-refractivity contribution in [2.45, 2.75) is 58.8 Å². The van der Waals surface area contributed by atoms with Crippen LogP contribution in [0, 0.1) is 23.7 Å². The van der Waals surface area contributed by atoms with Crippen molar-refractivity contribution in [3.05, 3.63) is 113 Å². The molecule has 0 atom stereocenters. The van der Waals surface area contributed by atoms with Crippen LogP contribution in [-0.4, -0.2) is 19.2 Å². The summed E-state index contributed by atoms with van der Waals surface area (Å²) in [7, 11) is 0. The highest BCUT2D eigenvalue weighted by Crippen LogP contribution is 2.15. The van der Waals surface area contributed by atoms with Crippen LogP contribution >= 0.6 is 0 Å². The number of unbranched alkanes of at least 4 members (excludes halogenated alkanes) is 3. The molecule has 0 aromatic heterocycles. The van der Waals surface area contributed by atoms with Crippen LogP contribution in [0.25, 0.3) is 0 Å². The number of rotatable bonds is 12. The lowest BCUT2D eigenvalue weighted by atomic mass is 10.0. The van der Waals surface area contributed by atoms with Crippen LogP contribution in [0.4, 0.5) is 0 Å². The Balaban J connectivity index is 1.48. The van der Waals surface area contributed by atoms with Gasteiger partial charge < -0.3 is 9.47 Å². The van der Waals surface area contributed by atoms with E-state index in [4.69, 9.17) is 9.47 Å². The average molecular weight is 519 g/mol. The first-order chi connectivity index (χ1) is 19.1. The first-order valence-corrected chi connectivity index (χ1v) is 13.9. The second-order valence-corrected chi connectivity index (χ2v) is 9.33. The topological polar surface area (TPSA) is 35.5 Å². The van der Waals surface area contributed by atoms with Crippen LogP contribution in [0.2, 0.25) is 0 Å². The second kappa shape index (κ2) is 16.6. The zero-order valence-corrected chi connectivity index (χ0v) is 23.2. The fourth-order valence-corrected chi connectivity index (χ4v) is 4.03. The van der Waals surface area contributed by atoms with Gasteiger partial charge in [-0.05, 0) is 104 Å². The zero-order chi connectivity index (χ0) is 27.7. The van der Waals surface area contributed by atoms with Crippen LogP contribution in [0.15, 0.2) is 79.4 Å². The van der Waals surface area contributed by atoms with Crippen molar-refractivity contribution >= 4 is 5.97 Å². The molecule has 0 bridgehead atoms. The molecular weight excluding hydrogens is 480 g/mol. The van der Waals surface area contributed by atoms with Crippen LogP contribution in [0.3, 0.4) is 0 Å². The van der Waals surface area contributed by atoms with Gasteiger partial charge >= 0.3 is 5.97 Å². The third kappa shape index (κ3) is 10.6. The molecule has 0 spiro atoms. The van der Waals surface area contributed by atoms with E-state index in [1.807, 2.05) is 30.3 Å². The molecule has 0 amide bonds. The van der Waals surface area contributed by atoms with Crippen molar-refractivity contribution in [2.24, 2.45) is 0 Å². The smallest absolute Gasteiger partial charge is 0.330 e. The fourth-order valence-electron chi connectivity index (χ4n) is 4.03. The quantitative estimate of drug-likeness (QED) is 0.107. The Morgan fingerprint density at radius 1 is 0.769 bits per heavy atom. The number of carbonyl (C=O) groups is 1. The summed E-state index contributed by atoms with van der Waals surface area (Å²) < 4.78 is 10.8. The first-order valence-electron chi connectivity index (χ1n) is 13.9. The first kappa shape index (κ1) is 29.3. The molecule has 3 aromatic carbocycles. The molecule has 3 rings (SSSR count). The molecular formula is C36H38O3. The average Bonchev–Trinajstić information content (AvgIpc) is 2.97. The van der Waals surface area contributed by atoms with Gasteiger partial charge in [-0.2, -0.15) is 0 Å². The minimum atomic E-state index is -0.361. The number of aryl methyl sites for hydroxylation is 2. The van der Waals surface area contributed by atoms with E-state index < -0.39 is 0 Å². The maximum Gasteiger partial charge on any atom is 0.330 e. The van der Waals surface area contributed by atoms with Gasteiger partial charge in [-0.15, -0.1) is 0 Å². The van der Waals surface area contributed by atoms with Gasteiger partial charge in [-0.1, -0.05) is 62.7 Å². The zero-order valence-electron chi connectivity index (χ0n) is 23.2. The van der Waals surface area contributed by atoms with E-state index in [9.17, 15) is 4.79 Å². The molecule has 0 N–H and O–H groups in total. The van der Waals surface area contributed by atoms with Gasteiger partial charge in [-0.25, -0.2) is 4.79 Å². The van der Waals surface area contributed by atoms with Crippen molar-refractivity contribution in [2.75, 3.05) is 13.2 Å². The van der Waals surface area contributed by atoms with Gasteiger partial charge in [0, 0.05) is 28.3 Å². The van der Waals surface area contributed by atoms with Crippen molar-refractivity contribution in [3.8, 4) is 29.4 Å². The SMILES string of the molecule is C=CC(=O)OCCCCCCOc1ccc(C#Cc2ccc(C#Cc3ccc(CCC)cc3)c(CC)c2)cc1. The van der Waals surface area contributed by atoms with E-state index in [-0.39, 0.29) is 5.97 Å². The van der Waals surface area contributed by atoms with Gasteiger partial charge in [0.25, 0.3) is 0 Å². The molecule has 0 saturated carbocycles. The lowest BCUT2D eigenvalue weighted by Gasteiger charge is -2.06. The third-order valence-electron chi connectivity index (χ3n) is 6.24. The second-order valence-electron chi connectivity index (χ2n) is 9.33. The minimum Gasteiger partial charge on any atom is -0.494 e. The summed E-state index contributed by atoms with van der Waals surface area (Å²) in [5.74, 6) is 13.7. The molecule has 0 fully saturated rings. The predicted molar refractivity (Wildman–Crippen MR) is 160 cm³/mol. The Morgan fingerprint density at radius 2 is 1.38 bits per heavy atom. The molecule has 3 nitrogen and oxygen atoms in total. The molecule has 3 heteroatoms. The molecule has 0 aliphatic carbocycles. The molecule has 0 saturated heterocycles. The molecule has 0 aliphatic heterocycles. The summed E-state index contributed by atoms with van der Waals surface area (Å²) >= 11 is 0. The van der Waals surface area contributed by atoms with Crippen molar-refractivity contribution in [1.82, 2.24) is 0 Å². The highest BCUT2D eigenvalue weighted by Gasteiger charge is 2.01. The molecule has 0 aliphatic rings. The molecule has 200 valence electrons. The summed E-state index contributed by atoms with van der Waals surface area (Å²) in [6.07, 6.45) is 8.21. The summed E-state index contributed by atoms with van der Waals surface area (Å²) in [6, 6.07) is 22.7. The van der Waals surface area contributed by atoms with Crippen LogP contribution < -0.4 is 4.74 Å². The monoisotopic (exact) mass is 518 g/mol. The Morgan fingerprint density at radius 3 is 2.05 bits per heavy atom. The van der Waals surface area contributed by atoms with Crippen molar-refractivity contribution < 1.29 is 14.3 Å². The van der Waals surface area contributed by atoms with Gasteiger partial charge in [-0.3, -0.25) is 0 Å². The lowest BCUT2D eigenvalue weighted by Crippen LogP contribution is -2.02. The molecule has 0 heterocycles. The third-order valence-corrected chi connectivity index (χ3v) is 6.24. The van der Waals surface area contributed by atoms with Crippen LogP contribution in [-0.2, 0) is 22.4 Å². The highest BCUT2D eigenvalue weighted by molar-refractivity contribution is 5.81. The number of carbonyl (C=O) groups excluding carboxylic acids is 1. The number of ether oxygens (including phenoxy) is 2. The Kier molecular flexibility index (Phi) is 12.5. The maximum absolute atomic E-state index is 11.0. The predicted octanol–water partition coefficient (Wildman–Crippen LogP) is 7.67.